The highest BCUT2D eigenvalue weighted by atomic mass is 32.2. The number of fused-ring (bicyclic) bond motifs is 1. The van der Waals surface area contributed by atoms with Crippen LogP contribution in [0.15, 0.2) is 96.0 Å². The van der Waals surface area contributed by atoms with Crippen molar-refractivity contribution in [1.82, 2.24) is 13.8 Å². The van der Waals surface area contributed by atoms with Crippen molar-refractivity contribution < 1.29 is 40.2 Å². The van der Waals surface area contributed by atoms with E-state index in [0.29, 0.717) is 0 Å². The van der Waals surface area contributed by atoms with Crippen LogP contribution in [0, 0.1) is 30.2 Å². The number of anilines is 1. The van der Waals surface area contributed by atoms with E-state index in [2.05, 4.69) is 5.10 Å². The van der Waals surface area contributed by atoms with Gasteiger partial charge in [0, 0.05) is 47.3 Å². The highest BCUT2D eigenvalue weighted by Gasteiger charge is 2.25. The van der Waals surface area contributed by atoms with Gasteiger partial charge in [0.1, 0.15) is 28.9 Å². The Balaban J connectivity index is 1.30. The van der Waals surface area contributed by atoms with Crippen molar-refractivity contribution in [2.75, 3.05) is 12.3 Å². The summed E-state index contributed by atoms with van der Waals surface area (Å²) in [6.07, 6.45) is 3.52. The molecule has 9 nitrogen and oxygen atoms in total. The average molecular weight is 719 g/mol. The van der Waals surface area contributed by atoms with Crippen molar-refractivity contribution in [3.05, 3.63) is 137 Å². The maximum Gasteiger partial charge on any atom is 0.330 e. The Hall–Kier alpha value is -5.89. The van der Waals surface area contributed by atoms with Crippen LogP contribution in [-0.4, -0.2) is 34.7 Å². The van der Waals surface area contributed by atoms with Crippen LogP contribution in [0.2, 0.25) is 0 Å². The summed E-state index contributed by atoms with van der Waals surface area (Å²) in [5, 5.41) is 4.17. The summed E-state index contributed by atoms with van der Waals surface area (Å²) in [6, 6.07) is 17.4. The average Bonchev–Trinajstić information content (AvgIpc) is 3.71. The summed E-state index contributed by atoms with van der Waals surface area (Å²) >= 11 is 0. The molecule has 0 saturated carbocycles. The van der Waals surface area contributed by atoms with Crippen molar-refractivity contribution in [1.29, 1.82) is 0 Å². The van der Waals surface area contributed by atoms with Crippen molar-refractivity contribution in [3.63, 3.8) is 0 Å². The molecule has 262 valence electrons. The van der Waals surface area contributed by atoms with Gasteiger partial charge in [-0.3, -0.25) is 0 Å². The van der Waals surface area contributed by atoms with E-state index in [1.807, 2.05) is 0 Å². The first-order valence-electron chi connectivity index (χ1n) is 15.6. The number of aromatic nitrogens is 3. The van der Waals surface area contributed by atoms with Gasteiger partial charge in [0.2, 0.25) is 0 Å². The monoisotopic (exact) mass is 718 g/mol. The molecule has 0 saturated heterocycles. The Bertz CT molecular complexity index is 2440. The van der Waals surface area contributed by atoms with Gasteiger partial charge in [0.05, 0.1) is 22.7 Å². The molecule has 2 aromatic heterocycles. The number of hydrogen-bond donors (Lipinski definition) is 1. The summed E-state index contributed by atoms with van der Waals surface area (Å²) in [7, 11) is -4.19. The summed E-state index contributed by atoms with van der Waals surface area (Å²) < 4.78 is 101. The SMILES string of the molecule is CCOC(=O)/C=C/c1cccc(C(C)c2cc(N)n(-c3cc(Oc4c(F)cc5c(ccn5S(=O)(=O)c5ccc(C)cc5)c4F)ccc3F)n2)c1F. The van der Waals surface area contributed by atoms with Gasteiger partial charge in [-0.05, 0) is 55.8 Å². The van der Waals surface area contributed by atoms with Gasteiger partial charge in [-0.15, -0.1) is 0 Å². The number of hydrogen-bond acceptors (Lipinski definition) is 7. The lowest BCUT2D eigenvalue weighted by molar-refractivity contribution is -0.137. The molecule has 51 heavy (non-hydrogen) atoms. The first-order valence-corrected chi connectivity index (χ1v) is 17.0. The summed E-state index contributed by atoms with van der Waals surface area (Å²) in [5.41, 5.74) is 7.19. The van der Waals surface area contributed by atoms with E-state index in [9.17, 15) is 13.2 Å². The quantitative estimate of drug-likeness (QED) is 0.0866. The lowest BCUT2D eigenvalue weighted by atomic mass is 9.95. The summed E-state index contributed by atoms with van der Waals surface area (Å²) in [5.74, 6) is -6.15. The number of rotatable bonds is 10. The van der Waals surface area contributed by atoms with E-state index in [-0.39, 0.29) is 56.5 Å². The minimum atomic E-state index is -4.19. The van der Waals surface area contributed by atoms with Gasteiger partial charge in [0.15, 0.2) is 17.4 Å². The van der Waals surface area contributed by atoms with E-state index in [1.165, 1.54) is 42.5 Å². The third-order valence-electron chi connectivity index (χ3n) is 8.16. The predicted molar refractivity (Wildman–Crippen MR) is 183 cm³/mol. The maximum absolute atomic E-state index is 15.7. The molecule has 1 unspecified atom stereocenters. The minimum absolute atomic E-state index is 0.0263. The fraction of sp³-hybridized carbons (Fsp3) is 0.135. The zero-order valence-electron chi connectivity index (χ0n) is 27.4. The van der Waals surface area contributed by atoms with Crippen molar-refractivity contribution in [2.45, 2.75) is 31.6 Å². The number of halogens is 4. The van der Waals surface area contributed by atoms with Gasteiger partial charge in [-0.25, -0.2) is 39.4 Å². The van der Waals surface area contributed by atoms with E-state index in [0.717, 1.165) is 50.8 Å². The molecule has 4 aromatic carbocycles. The Labute approximate surface area is 290 Å². The molecule has 6 aromatic rings. The van der Waals surface area contributed by atoms with Gasteiger partial charge in [-0.2, -0.15) is 5.10 Å². The smallest absolute Gasteiger partial charge is 0.330 e. The second kappa shape index (κ2) is 13.8. The largest absolute Gasteiger partial charge is 0.463 e. The highest BCUT2D eigenvalue weighted by molar-refractivity contribution is 7.90. The molecule has 1 atom stereocenters. The van der Waals surface area contributed by atoms with Crippen LogP contribution in [-0.2, 0) is 19.6 Å². The first-order chi connectivity index (χ1) is 24.3. The molecule has 0 aliphatic heterocycles. The Morgan fingerprint density at radius 1 is 0.961 bits per heavy atom. The maximum atomic E-state index is 15.7. The van der Waals surface area contributed by atoms with Crippen LogP contribution in [0.3, 0.4) is 0 Å². The molecule has 0 radical (unpaired) electrons. The second-order valence-electron chi connectivity index (χ2n) is 11.5. The van der Waals surface area contributed by atoms with Crippen LogP contribution < -0.4 is 10.5 Å². The van der Waals surface area contributed by atoms with Crippen LogP contribution >= 0.6 is 0 Å². The van der Waals surface area contributed by atoms with Crippen LogP contribution in [0.1, 0.15) is 42.1 Å². The molecule has 0 fully saturated rings. The number of aryl methyl sites for hydroxylation is 1. The van der Waals surface area contributed by atoms with Gasteiger partial charge in [-0.1, -0.05) is 42.8 Å². The molecule has 2 N–H and O–H groups in total. The summed E-state index contributed by atoms with van der Waals surface area (Å²) in [6.45, 7) is 5.28. The highest BCUT2D eigenvalue weighted by Crippen LogP contribution is 2.36. The molecular weight excluding hydrogens is 688 g/mol. The molecule has 0 amide bonds. The normalized spacial score (nSPS) is 12.5. The number of nitrogens with zero attached hydrogens (tertiary/aromatic N) is 3. The molecule has 0 bridgehead atoms. The van der Waals surface area contributed by atoms with E-state index >= 15 is 17.6 Å². The van der Waals surface area contributed by atoms with Crippen molar-refractivity contribution >= 4 is 38.8 Å². The van der Waals surface area contributed by atoms with E-state index in [1.54, 1.807) is 39.0 Å². The van der Waals surface area contributed by atoms with Crippen molar-refractivity contribution in [2.24, 2.45) is 0 Å². The Morgan fingerprint density at radius 2 is 1.71 bits per heavy atom. The molecule has 0 spiro atoms. The van der Waals surface area contributed by atoms with Gasteiger partial charge >= 0.3 is 5.97 Å². The van der Waals surface area contributed by atoms with Gasteiger partial charge in [0.25, 0.3) is 10.0 Å². The lowest BCUT2D eigenvalue weighted by Gasteiger charge is -2.13. The Morgan fingerprint density at radius 3 is 2.43 bits per heavy atom. The topological polar surface area (TPSA) is 118 Å². The third kappa shape index (κ3) is 6.69. The number of benzene rings is 4. The number of nitrogens with two attached hydrogens (primary N) is 1. The number of carbonyl (C=O) groups excluding carboxylic acids is 1. The zero-order chi connectivity index (χ0) is 36.6. The molecular formula is C37H30F4N4O5S. The number of ether oxygens (including phenoxy) is 2. The second-order valence-corrected chi connectivity index (χ2v) is 13.4. The standard InChI is InChI=1S/C37H30F4N4O5S/c1-4-49-34(46)15-10-23-6-5-7-26(35(23)40)22(3)30-20-33(42)45(43-30)32-18-24(11-14-28(32)38)50-37-29(39)19-31-27(36(37)41)16-17-44(31)51(47,48)25-12-8-21(2)9-13-25/h5-20,22H,4,42H2,1-3H3/b15-10+. The fourth-order valence-electron chi connectivity index (χ4n) is 5.49. The number of nitrogen functional groups attached to an aromatic ring is 1. The van der Waals surface area contributed by atoms with Crippen LogP contribution in [0.4, 0.5) is 23.4 Å². The molecule has 0 aliphatic carbocycles. The fourth-order valence-corrected chi connectivity index (χ4v) is 6.83. The molecule has 6 rings (SSSR count). The number of carbonyl (C=O) groups is 1. The lowest BCUT2D eigenvalue weighted by Crippen LogP contribution is -2.12. The molecule has 2 heterocycles. The molecule has 14 heteroatoms. The molecule has 0 aliphatic rings. The first kappa shape index (κ1) is 35.0. The third-order valence-corrected chi connectivity index (χ3v) is 9.86. The Kier molecular flexibility index (Phi) is 9.45. The zero-order valence-corrected chi connectivity index (χ0v) is 28.2. The van der Waals surface area contributed by atoms with Crippen LogP contribution in [0.25, 0.3) is 22.7 Å². The van der Waals surface area contributed by atoms with Gasteiger partial charge < -0.3 is 15.2 Å². The summed E-state index contributed by atoms with van der Waals surface area (Å²) in [4.78, 5) is 11.6. The van der Waals surface area contributed by atoms with Crippen LogP contribution in [0.5, 0.6) is 11.5 Å². The predicted octanol–water partition coefficient (Wildman–Crippen LogP) is 8.03. The van der Waals surface area contributed by atoms with E-state index in [4.69, 9.17) is 15.2 Å². The van der Waals surface area contributed by atoms with Crippen molar-refractivity contribution in [3.8, 4) is 17.2 Å². The van der Waals surface area contributed by atoms with E-state index < -0.39 is 50.9 Å². The number of esters is 1. The minimum Gasteiger partial charge on any atom is -0.463 e.